The van der Waals surface area contributed by atoms with Crippen LogP contribution in [0.1, 0.15) is 56.2 Å². The highest BCUT2D eigenvalue weighted by Gasteiger charge is 2.26. The number of amides is 1. The van der Waals surface area contributed by atoms with Crippen LogP contribution in [-0.2, 0) is 16.6 Å². The fourth-order valence-corrected chi connectivity index (χ4v) is 2.69. The van der Waals surface area contributed by atoms with Gasteiger partial charge in [0.15, 0.2) is 0 Å². The second-order valence-corrected chi connectivity index (χ2v) is 6.28. The van der Waals surface area contributed by atoms with Gasteiger partial charge in [-0.15, -0.1) is 0 Å². The van der Waals surface area contributed by atoms with Gasteiger partial charge in [0.2, 0.25) is 5.91 Å². The van der Waals surface area contributed by atoms with Gasteiger partial charge in [0.25, 0.3) is 0 Å². The third-order valence-corrected chi connectivity index (χ3v) is 3.92. The molecule has 1 unspecified atom stereocenters. The Balaban J connectivity index is 2.28. The molecular formula is C16H23NO. The predicted octanol–water partition coefficient (Wildman–Crippen LogP) is 3.15. The largest absolute Gasteiger partial charge is 0.359 e. The van der Waals surface area contributed by atoms with E-state index in [1.165, 1.54) is 16.7 Å². The smallest absolute Gasteiger partial charge is 0.220 e. The summed E-state index contributed by atoms with van der Waals surface area (Å²) < 4.78 is 0. The van der Waals surface area contributed by atoms with Crippen molar-refractivity contribution >= 4 is 5.91 Å². The molecule has 0 bridgehead atoms. The summed E-state index contributed by atoms with van der Waals surface area (Å²) in [6.45, 7) is 6.70. The summed E-state index contributed by atoms with van der Waals surface area (Å²) in [5.41, 5.74) is 4.36. The van der Waals surface area contributed by atoms with Crippen molar-refractivity contribution in [3.63, 3.8) is 0 Å². The molecule has 18 heavy (non-hydrogen) atoms. The zero-order chi connectivity index (χ0) is 13.3. The van der Waals surface area contributed by atoms with Crippen LogP contribution in [0.25, 0.3) is 0 Å². The highest BCUT2D eigenvalue weighted by atomic mass is 16.1. The van der Waals surface area contributed by atoms with Crippen LogP contribution in [0.5, 0.6) is 0 Å². The monoisotopic (exact) mass is 245 g/mol. The molecule has 1 atom stereocenters. The van der Waals surface area contributed by atoms with Crippen molar-refractivity contribution in [2.24, 2.45) is 0 Å². The number of fused-ring (bicyclic) bond motifs is 1. The Kier molecular flexibility index (Phi) is 3.47. The first kappa shape index (κ1) is 13.1. The molecule has 0 saturated carbocycles. The van der Waals surface area contributed by atoms with Gasteiger partial charge in [-0.25, -0.2) is 0 Å². The Hall–Kier alpha value is -1.31. The fourth-order valence-electron chi connectivity index (χ4n) is 2.69. The molecule has 1 aromatic carbocycles. The number of nitrogens with one attached hydrogen (secondary N) is 1. The maximum Gasteiger partial charge on any atom is 0.220 e. The van der Waals surface area contributed by atoms with Gasteiger partial charge in [0, 0.05) is 13.5 Å². The van der Waals surface area contributed by atoms with E-state index in [9.17, 15) is 4.79 Å². The maximum atomic E-state index is 11.5. The Morgan fingerprint density at radius 1 is 1.39 bits per heavy atom. The van der Waals surface area contributed by atoms with Crippen molar-refractivity contribution in [2.45, 2.75) is 51.4 Å². The summed E-state index contributed by atoms with van der Waals surface area (Å²) >= 11 is 0. The molecule has 0 heterocycles. The molecule has 0 fully saturated rings. The van der Waals surface area contributed by atoms with Crippen LogP contribution >= 0.6 is 0 Å². The summed E-state index contributed by atoms with van der Waals surface area (Å²) in [5.74, 6) is 0.552. The summed E-state index contributed by atoms with van der Waals surface area (Å²) in [4.78, 5) is 11.5. The van der Waals surface area contributed by atoms with Crippen LogP contribution in [0.2, 0.25) is 0 Å². The molecule has 1 aromatic rings. The Morgan fingerprint density at radius 3 is 2.72 bits per heavy atom. The van der Waals surface area contributed by atoms with E-state index in [0.717, 1.165) is 12.8 Å². The van der Waals surface area contributed by atoms with E-state index in [4.69, 9.17) is 0 Å². The molecule has 0 saturated heterocycles. The van der Waals surface area contributed by atoms with Crippen LogP contribution in [-0.4, -0.2) is 13.0 Å². The van der Waals surface area contributed by atoms with Gasteiger partial charge in [0.05, 0.1) is 0 Å². The number of rotatable bonds is 2. The lowest BCUT2D eigenvalue weighted by molar-refractivity contribution is -0.121. The third-order valence-electron chi connectivity index (χ3n) is 3.92. The van der Waals surface area contributed by atoms with Gasteiger partial charge in [-0.05, 0) is 40.9 Å². The van der Waals surface area contributed by atoms with Crippen LogP contribution in [0.15, 0.2) is 18.2 Å². The van der Waals surface area contributed by atoms with Crippen molar-refractivity contribution in [2.75, 3.05) is 7.05 Å². The fraction of sp³-hybridized carbons (Fsp3) is 0.562. The lowest BCUT2D eigenvalue weighted by Crippen LogP contribution is -2.20. The SMILES string of the molecule is CNC(=O)CC1CCc2ccc(C(C)(C)C)cc21. The average molecular weight is 245 g/mol. The molecule has 1 aliphatic rings. The van der Waals surface area contributed by atoms with Gasteiger partial charge in [-0.1, -0.05) is 39.0 Å². The second-order valence-electron chi connectivity index (χ2n) is 6.28. The number of hydrogen-bond donors (Lipinski definition) is 1. The van der Waals surface area contributed by atoms with Crippen LogP contribution in [0.4, 0.5) is 0 Å². The first-order valence-corrected chi connectivity index (χ1v) is 6.75. The van der Waals surface area contributed by atoms with Gasteiger partial charge in [0.1, 0.15) is 0 Å². The summed E-state index contributed by atoms with van der Waals surface area (Å²) in [5, 5.41) is 2.73. The van der Waals surface area contributed by atoms with Crippen LogP contribution < -0.4 is 5.32 Å². The van der Waals surface area contributed by atoms with Gasteiger partial charge in [-0.3, -0.25) is 4.79 Å². The van der Waals surface area contributed by atoms with Crippen molar-refractivity contribution in [1.29, 1.82) is 0 Å². The highest BCUT2D eigenvalue weighted by molar-refractivity contribution is 5.76. The molecule has 1 amide bonds. The van der Waals surface area contributed by atoms with Crippen molar-refractivity contribution in [1.82, 2.24) is 5.32 Å². The van der Waals surface area contributed by atoms with Crippen LogP contribution in [0.3, 0.4) is 0 Å². The average Bonchev–Trinajstić information content (AvgIpc) is 2.70. The number of hydrogen-bond acceptors (Lipinski definition) is 1. The van der Waals surface area contributed by atoms with E-state index in [2.05, 4.69) is 44.3 Å². The lowest BCUT2D eigenvalue weighted by Gasteiger charge is -2.21. The minimum Gasteiger partial charge on any atom is -0.359 e. The molecule has 0 radical (unpaired) electrons. The van der Waals surface area contributed by atoms with E-state index >= 15 is 0 Å². The molecular weight excluding hydrogens is 222 g/mol. The van der Waals surface area contributed by atoms with Crippen molar-refractivity contribution in [3.05, 3.63) is 34.9 Å². The maximum absolute atomic E-state index is 11.5. The van der Waals surface area contributed by atoms with Gasteiger partial charge in [-0.2, -0.15) is 0 Å². The Morgan fingerprint density at radius 2 is 2.11 bits per heavy atom. The standard InChI is InChI=1S/C16H23NO/c1-16(2,3)13-8-7-11-5-6-12(14(11)10-13)9-15(18)17-4/h7-8,10,12H,5-6,9H2,1-4H3,(H,17,18). The summed E-state index contributed by atoms with van der Waals surface area (Å²) in [6, 6.07) is 6.80. The van der Waals surface area contributed by atoms with Crippen molar-refractivity contribution in [3.8, 4) is 0 Å². The van der Waals surface area contributed by atoms with E-state index in [0.29, 0.717) is 12.3 Å². The molecule has 1 aliphatic carbocycles. The summed E-state index contributed by atoms with van der Waals surface area (Å²) in [6.07, 6.45) is 2.84. The molecule has 1 N–H and O–H groups in total. The molecule has 2 heteroatoms. The number of aryl methyl sites for hydroxylation is 1. The first-order valence-electron chi connectivity index (χ1n) is 6.75. The molecule has 0 spiro atoms. The molecule has 0 aliphatic heterocycles. The minimum atomic E-state index is 0.147. The van der Waals surface area contributed by atoms with Gasteiger partial charge < -0.3 is 5.32 Å². The third kappa shape index (κ3) is 2.58. The first-order chi connectivity index (χ1) is 8.41. The number of benzene rings is 1. The quantitative estimate of drug-likeness (QED) is 0.852. The lowest BCUT2D eigenvalue weighted by atomic mass is 9.84. The Bertz CT molecular complexity index is 457. The predicted molar refractivity (Wildman–Crippen MR) is 74.9 cm³/mol. The van der Waals surface area contributed by atoms with E-state index in [1.54, 1.807) is 7.05 Å². The van der Waals surface area contributed by atoms with E-state index < -0.39 is 0 Å². The molecule has 2 rings (SSSR count). The topological polar surface area (TPSA) is 29.1 Å². The zero-order valence-electron chi connectivity index (χ0n) is 11.8. The molecule has 2 nitrogen and oxygen atoms in total. The normalized spacial score (nSPS) is 18.6. The second kappa shape index (κ2) is 4.75. The van der Waals surface area contributed by atoms with E-state index in [-0.39, 0.29) is 11.3 Å². The number of carbonyl (C=O) groups excluding carboxylic acids is 1. The van der Waals surface area contributed by atoms with Crippen LogP contribution in [0, 0.1) is 0 Å². The van der Waals surface area contributed by atoms with Gasteiger partial charge >= 0.3 is 0 Å². The zero-order valence-corrected chi connectivity index (χ0v) is 11.8. The highest BCUT2D eigenvalue weighted by Crippen LogP contribution is 2.37. The number of carbonyl (C=O) groups is 1. The molecule has 0 aromatic heterocycles. The molecule has 98 valence electrons. The Labute approximate surface area is 110 Å². The van der Waals surface area contributed by atoms with E-state index in [1.807, 2.05) is 0 Å². The summed E-state index contributed by atoms with van der Waals surface area (Å²) in [7, 11) is 1.71. The minimum absolute atomic E-state index is 0.147. The van der Waals surface area contributed by atoms with Crippen molar-refractivity contribution < 1.29 is 4.79 Å².